The number of carbonyl (C=O) groups is 1. The molecule has 1 atom stereocenters. The van der Waals surface area contributed by atoms with Crippen molar-refractivity contribution in [2.24, 2.45) is 0 Å². The van der Waals surface area contributed by atoms with Gasteiger partial charge in [-0.3, -0.25) is 0 Å². The SMILES string of the molecule is COC(=O)C(CCCCO)OC. The van der Waals surface area contributed by atoms with Gasteiger partial charge in [-0.25, -0.2) is 4.79 Å². The van der Waals surface area contributed by atoms with Crippen LogP contribution in [0.5, 0.6) is 0 Å². The van der Waals surface area contributed by atoms with E-state index >= 15 is 0 Å². The van der Waals surface area contributed by atoms with Crippen molar-refractivity contribution in [3.8, 4) is 0 Å². The van der Waals surface area contributed by atoms with Gasteiger partial charge in [0.15, 0.2) is 6.10 Å². The Bertz CT molecular complexity index is 124. The fourth-order valence-electron chi connectivity index (χ4n) is 0.905. The van der Waals surface area contributed by atoms with Crippen LogP contribution in [0, 0.1) is 0 Å². The van der Waals surface area contributed by atoms with Crippen molar-refractivity contribution < 1.29 is 19.4 Å². The number of aliphatic hydroxyl groups is 1. The first-order valence-electron chi connectivity index (χ1n) is 3.97. The van der Waals surface area contributed by atoms with Gasteiger partial charge in [-0.2, -0.15) is 0 Å². The van der Waals surface area contributed by atoms with E-state index in [9.17, 15) is 4.79 Å². The van der Waals surface area contributed by atoms with Crippen LogP contribution in [-0.4, -0.2) is 38.0 Å². The highest BCUT2D eigenvalue weighted by Gasteiger charge is 2.16. The average Bonchev–Trinajstić information content (AvgIpc) is 2.11. The number of rotatable bonds is 6. The molecular formula is C8H16O4. The second kappa shape index (κ2) is 7.06. The van der Waals surface area contributed by atoms with Gasteiger partial charge < -0.3 is 14.6 Å². The van der Waals surface area contributed by atoms with Crippen molar-refractivity contribution in [1.29, 1.82) is 0 Å². The number of methoxy groups -OCH3 is 2. The maximum absolute atomic E-state index is 10.9. The Hall–Kier alpha value is -0.610. The van der Waals surface area contributed by atoms with Crippen LogP contribution < -0.4 is 0 Å². The number of unbranched alkanes of at least 4 members (excludes halogenated alkanes) is 1. The Morgan fingerprint density at radius 1 is 1.42 bits per heavy atom. The third-order valence-electron chi connectivity index (χ3n) is 1.62. The first kappa shape index (κ1) is 11.4. The van der Waals surface area contributed by atoms with E-state index in [1.54, 1.807) is 0 Å². The van der Waals surface area contributed by atoms with E-state index in [1.165, 1.54) is 14.2 Å². The summed E-state index contributed by atoms with van der Waals surface area (Å²) in [5, 5.41) is 8.49. The van der Waals surface area contributed by atoms with Crippen molar-refractivity contribution in [2.75, 3.05) is 20.8 Å². The van der Waals surface area contributed by atoms with Gasteiger partial charge in [0.2, 0.25) is 0 Å². The van der Waals surface area contributed by atoms with Gasteiger partial charge in [0.1, 0.15) is 0 Å². The zero-order valence-electron chi connectivity index (χ0n) is 7.58. The molecule has 0 aromatic heterocycles. The van der Waals surface area contributed by atoms with Gasteiger partial charge in [0.25, 0.3) is 0 Å². The molecule has 12 heavy (non-hydrogen) atoms. The van der Waals surface area contributed by atoms with E-state index in [-0.39, 0.29) is 12.6 Å². The van der Waals surface area contributed by atoms with Crippen LogP contribution in [0.15, 0.2) is 0 Å². The van der Waals surface area contributed by atoms with Crippen molar-refractivity contribution in [2.45, 2.75) is 25.4 Å². The number of ether oxygens (including phenoxy) is 2. The van der Waals surface area contributed by atoms with Crippen LogP contribution in [0.1, 0.15) is 19.3 Å². The van der Waals surface area contributed by atoms with E-state index in [1.807, 2.05) is 0 Å². The average molecular weight is 176 g/mol. The largest absolute Gasteiger partial charge is 0.467 e. The summed E-state index contributed by atoms with van der Waals surface area (Å²) in [5.41, 5.74) is 0. The lowest BCUT2D eigenvalue weighted by molar-refractivity contribution is -0.152. The maximum atomic E-state index is 10.9. The first-order chi connectivity index (χ1) is 5.76. The lowest BCUT2D eigenvalue weighted by atomic mass is 10.1. The number of hydrogen-bond donors (Lipinski definition) is 1. The lowest BCUT2D eigenvalue weighted by Crippen LogP contribution is -2.24. The molecule has 0 saturated heterocycles. The van der Waals surface area contributed by atoms with Gasteiger partial charge in [0.05, 0.1) is 7.11 Å². The molecule has 1 N–H and O–H groups in total. The summed E-state index contributed by atoms with van der Waals surface area (Å²) in [4.78, 5) is 10.9. The maximum Gasteiger partial charge on any atom is 0.334 e. The Morgan fingerprint density at radius 3 is 2.50 bits per heavy atom. The third-order valence-corrected chi connectivity index (χ3v) is 1.62. The highest BCUT2D eigenvalue weighted by Crippen LogP contribution is 2.05. The van der Waals surface area contributed by atoms with Gasteiger partial charge in [-0.1, -0.05) is 0 Å². The lowest BCUT2D eigenvalue weighted by Gasteiger charge is -2.11. The molecular weight excluding hydrogens is 160 g/mol. The molecule has 4 heteroatoms. The highest BCUT2D eigenvalue weighted by molar-refractivity contribution is 5.74. The topological polar surface area (TPSA) is 55.8 Å². The second-order valence-corrected chi connectivity index (χ2v) is 2.47. The Kier molecular flexibility index (Phi) is 6.70. The minimum absolute atomic E-state index is 0.150. The summed E-state index contributed by atoms with van der Waals surface area (Å²) in [6.07, 6.45) is 1.58. The van der Waals surface area contributed by atoms with E-state index in [0.29, 0.717) is 12.8 Å². The fourth-order valence-corrected chi connectivity index (χ4v) is 0.905. The normalized spacial score (nSPS) is 12.6. The molecule has 0 aromatic carbocycles. The Morgan fingerprint density at radius 2 is 2.08 bits per heavy atom. The molecule has 0 saturated carbocycles. The minimum atomic E-state index is -0.485. The second-order valence-electron chi connectivity index (χ2n) is 2.47. The third kappa shape index (κ3) is 4.31. The van der Waals surface area contributed by atoms with Crippen LogP contribution in [0.2, 0.25) is 0 Å². The molecule has 0 aliphatic rings. The monoisotopic (exact) mass is 176 g/mol. The molecule has 0 aliphatic carbocycles. The molecule has 0 spiro atoms. The van der Waals surface area contributed by atoms with Gasteiger partial charge in [-0.05, 0) is 19.3 Å². The molecule has 4 nitrogen and oxygen atoms in total. The van der Waals surface area contributed by atoms with Crippen molar-refractivity contribution in [1.82, 2.24) is 0 Å². The van der Waals surface area contributed by atoms with E-state index < -0.39 is 6.10 Å². The van der Waals surface area contributed by atoms with Gasteiger partial charge in [0, 0.05) is 13.7 Å². The summed E-state index contributed by atoms with van der Waals surface area (Å²) in [6, 6.07) is 0. The van der Waals surface area contributed by atoms with Crippen molar-refractivity contribution in [3.05, 3.63) is 0 Å². The molecule has 0 radical (unpaired) electrons. The Balaban J connectivity index is 3.60. The summed E-state index contributed by atoms with van der Waals surface area (Å²) in [7, 11) is 2.81. The molecule has 0 heterocycles. The quantitative estimate of drug-likeness (QED) is 0.468. The van der Waals surface area contributed by atoms with Crippen LogP contribution in [-0.2, 0) is 14.3 Å². The summed E-state index contributed by atoms with van der Waals surface area (Å²) < 4.78 is 9.40. The Labute approximate surface area is 72.5 Å². The van der Waals surface area contributed by atoms with Gasteiger partial charge >= 0.3 is 5.97 Å². The fraction of sp³-hybridized carbons (Fsp3) is 0.875. The zero-order chi connectivity index (χ0) is 9.40. The van der Waals surface area contributed by atoms with E-state index in [2.05, 4.69) is 4.74 Å². The number of hydrogen-bond acceptors (Lipinski definition) is 4. The van der Waals surface area contributed by atoms with Crippen LogP contribution in [0.4, 0.5) is 0 Å². The standard InChI is InChI=1S/C8H16O4/c1-11-7(8(10)12-2)5-3-4-6-9/h7,9H,3-6H2,1-2H3. The van der Waals surface area contributed by atoms with E-state index in [4.69, 9.17) is 9.84 Å². The highest BCUT2D eigenvalue weighted by atomic mass is 16.6. The van der Waals surface area contributed by atoms with Crippen LogP contribution in [0.25, 0.3) is 0 Å². The molecule has 0 bridgehead atoms. The smallest absolute Gasteiger partial charge is 0.334 e. The molecule has 0 aliphatic heterocycles. The van der Waals surface area contributed by atoms with Crippen molar-refractivity contribution in [3.63, 3.8) is 0 Å². The molecule has 0 rings (SSSR count). The predicted molar refractivity (Wildman–Crippen MR) is 43.7 cm³/mol. The minimum Gasteiger partial charge on any atom is -0.467 e. The predicted octanol–water partition coefficient (Wildman–Crippen LogP) is 0.337. The van der Waals surface area contributed by atoms with Crippen molar-refractivity contribution >= 4 is 5.97 Å². The van der Waals surface area contributed by atoms with Gasteiger partial charge in [-0.15, -0.1) is 0 Å². The van der Waals surface area contributed by atoms with Crippen LogP contribution in [0.3, 0.4) is 0 Å². The summed E-state index contributed by atoms with van der Waals surface area (Å²) >= 11 is 0. The molecule has 0 fully saturated rings. The molecule has 0 aromatic rings. The molecule has 0 amide bonds. The van der Waals surface area contributed by atoms with Crippen LogP contribution >= 0.6 is 0 Å². The first-order valence-corrected chi connectivity index (χ1v) is 3.97. The number of esters is 1. The summed E-state index contributed by atoms with van der Waals surface area (Å²) in [6.45, 7) is 0.150. The number of carbonyl (C=O) groups excluding carboxylic acids is 1. The summed E-state index contributed by atoms with van der Waals surface area (Å²) in [5.74, 6) is -0.351. The molecule has 1 unspecified atom stereocenters. The zero-order valence-corrected chi connectivity index (χ0v) is 7.58. The molecule has 72 valence electrons. The number of aliphatic hydroxyl groups excluding tert-OH is 1. The van der Waals surface area contributed by atoms with E-state index in [0.717, 1.165) is 6.42 Å².